The van der Waals surface area contributed by atoms with Crippen LogP contribution in [0.25, 0.3) is 88.0 Å². The third kappa shape index (κ3) is 5.13. The van der Waals surface area contributed by atoms with E-state index in [1.54, 1.807) is 0 Å². The SMILES string of the molecule is c1ccc(N(c2ccc(-c3cccc4c3oc3ccccc34)cc2)c2ccccc2-c2cccc3oc4ccccc4c23)c(-c2ccc3ccccc3c2)c1. The van der Waals surface area contributed by atoms with Gasteiger partial charge in [0.25, 0.3) is 0 Å². The number of anilines is 3. The molecule has 11 rings (SSSR count). The molecular weight excluding hydrogens is 671 g/mol. The molecule has 3 heteroatoms. The summed E-state index contributed by atoms with van der Waals surface area (Å²) in [6.45, 7) is 0. The number of furan rings is 2. The Morgan fingerprint density at radius 1 is 0.327 bits per heavy atom. The van der Waals surface area contributed by atoms with Crippen molar-refractivity contribution in [3.8, 4) is 33.4 Å². The summed E-state index contributed by atoms with van der Waals surface area (Å²) < 4.78 is 12.8. The van der Waals surface area contributed by atoms with Gasteiger partial charge in [-0.25, -0.2) is 0 Å². The molecule has 55 heavy (non-hydrogen) atoms. The molecule has 0 unspecified atom stereocenters. The molecule has 0 atom stereocenters. The summed E-state index contributed by atoms with van der Waals surface area (Å²) in [5, 5.41) is 6.91. The van der Waals surface area contributed by atoms with E-state index in [1.165, 1.54) is 10.8 Å². The largest absolute Gasteiger partial charge is 0.456 e. The minimum atomic E-state index is 0.876. The second-order valence-electron chi connectivity index (χ2n) is 14.0. The summed E-state index contributed by atoms with van der Waals surface area (Å²) >= 11 is 0. The Bertz CT molecular complexity index is 3220. The minimum Gasteiger partial charge on any atom is -0.456 e. The molecule has 0 radical (unpaired) electrons. The highest BCUT2D eigenvalue weighted by Crippen LogP contribution is 2.47. The molecule has 9 aromatic carbocycles. The molecule has 11 aromatic rings. The highest BCUT2D eigenvalue weighted by molar-refractivity contribution is 6.14. The molecule has 0 aliphatic carbocycles. The fraction of sp³-hybridized carbons (Fsp3) is 0. The maximum absolute atomic E-state index is 6.46. The minimum absolute atomic E-state index is 0.876. The maximum atomic E-state index is 6.46. The lowest BCUT2D eigenvalue weighted by atomic mass is 9.95. The lowest BCUT2D eigenvalue weighted by molar-refractivity contribution is 0.669. The Kier molecular flexibility index (Phi) is 7.17. The zero-order valence-electron chi connectivity index (χ0n) is 29.8. The van der Waals surface area contributed by atoms with Crippen molar-refractivity contribution >= 4 is 71.7 Å². The standard InChI is InChI=1S/C52H33NO2/c1-2-14-36-33-37(28-27-34(36)13-1)39-15-3-7-22-46(39)53(38-31-29-35(30-32-38)40-19-11-21-44-42-17-5-9-24-48(42)55-52(40)44)47-23-8-4-16-41(47)43-20-12-26-50-51(43)45-18-6-10-25-49(45)54-50/h1-33H. The van der Waals surface area contributed by atoms with Crippen LogP contribution < -0.4 is 4.90 Å². The molecule has 0 N–H and O–H groups in total. The molecule has 0 bridgehead atoms. The van der Waals surface area contributed by atoms with E-state index in [-0.39, 0.29) is 0 Å². The molecule has 3 nitrogen and oxygen atoms in total. The topological polar surface area (TPSA) is 29.5 Å². The monoisotopic (exact) mass is 703 g/mol. The summed E-state index contributed by atoms with van der Waals surface area (Å²) in [7, 11) is 0. The summed E-state index contributed by atoms with van der Waals surface area (Å²) in [5.74, 6) is 0. The molecule has 258 valence electrons. The number of hydrogen-bond donors (Lipinski definition) is 0. The van der Waals surface area contributed by atoms with Crippen molar-refractivity contribution in [3.05, 3.63) is 200 Å². The van der Waals surface area contributed by atoms with E-state index in [4.69, 9.17) is 8.83 Å². The van der Waals surface area contributed by atoms with Gasteiger partial charge in [-0.15, -0.1) is 0 Å². The van der Waals surface area contributed by atoms with Crippen LogP contribution in [0.15, 0.2) is 209 Å². The van der Waals surface area contributed by atoms with E-state index in [9.17, 15) is 0 Å². The second kappa shape index (κ2) is 12.6. The number of para-hydroxylation sites is 5. The fourth-order valence-corrected chi connectivity index (χ4v) is 8.34. The van der Waals surface area contributed by atoms with Crippen LogP contribution in [0.2, 0.25) is 0 Å². The molecule has 0 saturated carbocycles. The van der Waals surface area contributed by atoms with Crippen LogP contribution in [0.4, 0.5) is 17.1 Å². The maximum Gasteiger partial charge on any atom is 0.143 e. The molecule has 0 amide bonds. The molecule has 0 fully saturated rings. The van der Waals surface area contributed by atoms with Crippen molar-refractivity contribution in [1.82, 2.24) is 0 Å². The highest BCUT2D eigenvalue weighted by atomic mass is 16.3. The molecule has 2 aromatic heterocycles. The van der Waals surface area contributed by atoms with E-state index in [0.717, 1.165) is 94.3 Å². The summed E-state index contributed by atoms with van der Waals surface area (Å²) in [4.78, 5) is 2.41. The summed E-state index contributed by atoms with van der Waals surface area (Å²) in [5.41, 5.74) is 13.5. The number of hydrogen-bond acceptors (Lipinski definition) is 3. The predicted molar refractivity (Wildman–Crippen MR) is 229 cm³/mol. The average molecular weight is 704 g/mol. The van der Waals surface area contributed by atoms with Crippen LogP contribution in [0, 0.1) is 0 Å². The normalized spacial score (nSPS) is 11.6. The van der Waals surface area contributed by atoms with Gasteiger partial charge >= 0.3 is 0 Å². The van der Waals surface area contributed by atoms with Gasteiger partial charge in [-0.2, -0.15) is 0 Å². The zero-order valence-corrected chi connectivity index (χ0v) is 29.8. The first-order valence-corrected chi connectivity index (χ1v) is 18.7. The van der Waals surface area contributed by atoms with Gasteiger partial charge in [0, 0.05) is 43.9 Å². The average Bonchev–Trinajstić information content (AvgIpc) is 3.83. The number of benzene rings is 9. The highest BCUT2D eigenvalue weighted by Gasteiger charge is 2.23. The van der Waals surface area contributed by atoms with E-state index in [2.05, 4.69) is 181 Å². The van der Waals surface area contributed by atoms with Crippen LogP contribution >= 0.6 is 0 Å². The van der Waals surface area contributed by atoms with Crippen LogP contribution in [0.1, 0.15) is 0 Å². The zero-order chi connectivity index (χ0) is 36.3. The second-order valence-corrected chi connectivity index (χ2v) is 14.0. The van der Waals surface area contributed by atoms with Gasteiger partial charge in [0.1, 0.15) is 22.3 Å². The first-order valence-electron chi connectivity index (χ1n) is 18.7. The quantitative estimate of drug-likeness (QED) is 0.173. The van der Waals surface area contributed by atoms with Crippen LogP contribution in [0.3, 0.4) is 0 Å². The number of nitrogens with zero attached hydrogens (tertiary/aromatic N) is 1. The Hall–Kier alpha value is -7.36. The van der Waals surface area contributed by atoms with Gasteiger partial charge < -0.3 is 13.7 Å². The van der Waals surface area contributed by atoms with Gasteiger partial charge in [-0.3, -0.25) is 0 Å². The third-order valence-electron chi connectivity index (χ3n) is 10.9. The van der Waals surface area contributed by atoms with Crippen molar-refractivity contribution in [3.63, 3.8) is 0 Å². The summed E-state index contributed by atoms with van der Waals surface area (Å²) in [6, 6.07) is 71.0. The lowest BCUT2D eigenvalue weighted by Gasteiger charge is -2.30. The molecule has 0 aliphatic heterocycles. The Morgan fingerprint density at radius 3 is 1.73 bits per heavy atom. The predicted octanol–water partition coefficient (Wildman–Crippen LogP) is 15.1. The van der Waals surface area contributed by atoms with Crippen molar-refractivity contribution < 1.29 is 8.83 Å². The Labute approximate surface area is 317 Å². The Balaban J connectivity index is 1.13. The molecule has 0 spiro atoms. The van der Waals surface area contributed by atoms with E-state index >= 15 is 0 Å². The third-order valence-corrected chi connectivity index (χ3v) is 10.9. The van der Waals surface area contributed by atoms with Crippen molar-refractivity contribution in [2.75, 3.05) is 4.90 Å². The summed E-state index contributed by atoms with van der Waals surface area (Å²) in [6.07, 6.45) is 0. The van der Waals surface area contributed by atoms with Gasteiger partial charge in [0.15, 0.2) is 0 Å². The first kappa shape index (κ1) is 31.2. The molecule has 0 saturated heterocycles. The smallest absolute Gasteiger partial charge is 0.143 e. The number of fused-ring (bicyclic) bond motifs is 7. The molecular formula is C52H33NO2. The first-order chi connectivity index (χ1) is 27.3. The van der Waals surface area contributed by atoms with Gasteiger partial charge in [-0.05, 0) is 76.0 Å². The van der Waals surface area contributed by atoms with Gasteiger partial charge in [-0.1, -0.05) is 152 Å². The van der Waals surface area contributed by atoms with Crippen molar-refractivity contribution in [1.29, 1.82) is 0 Å². The molecule has 0 aliphatic rings. The van der Waals surface area contributed by atoms with Crippen LogP contribution in [-0.4, -0.2) is 0 Å². The van der Waals surface area contributed by atoms with Crippen molar-refractivity contribution in [2.45, 2.75) is 0 Å². The van der Waals surface area contributed by atoms with Gasteiger partial charge in [0.05, 0.1) is 11.4 Å². The van der Waals surface area contributed by atoms with E-state index in [0.29, 0.717) is 0 Å². The van der Waals surface area contributed by atoms with E-state index < -0.39 is 0 Å². The fourth-order valence-electron chi connectivity index (χ4n) is 8.34. The van der Waals surface area contributed by atoms with Crippen LogP contribution in [-0.2, 0) is 0 Å². The van der Waals surface area contributed by atoms with Crippen LogP contribution in [0.5, 0.6) is 0 Å². The number of rotatable bonds is 6. The Morgan fingerprint density at radius 2 is 0.891 bits per heavy atom. The van der Waals surface area contributed by atoms with Gasteiger partial charge in [0.2, 0.25) is 0 Å². The van der Waals surface area contributed by atoms with E-state index in [1.807, 2.05) is 24.3 Å². The molecule has 2 heterocycles. The van der Waals surface area contributed by atoms with Crippen molar-refractivity contribution in [2.24, 2.45) is 0 Å². The lowest BCUT2D eigenvalue weighted by Crippen LogP contribution is -2.12.